The van der Waals surface area contributed by atoms with Crippen LogP contribution in [-0.4, -0.2) is 5.16 Å². The van der Waals surface area contributed by atoms with Crippen molar-refractivity contribution in [3.8, 4) is 0 Å². The molecule has 2 heteroatoms. The zero-order valence-corrected chi connectivity index (χ0v) is 7.05. The highest BCUT2D eigenvalue weighted by Crippen LogP contribution is 2.06. The van der Waals surface area contributed by atoms with Gasteiger partial charge in [-0.05, 0) is 11.6 Å². The van der Waals surface area contributed by atoms with Crippen molar-refractivity contribution in [2.75, 3.05) is 0 Å². The first kappa shape index (κ1) is 7.80. The second-order valence-corrected chi connectivity index (χ2v) is 2.70. The molecule has 1 heterocycles. The lowest BCUT2D eigenvalue weighted by Gasteiger charge is -1.88. The van der Waals surface area contributed by atoms with Gasteiger partial charge < -0.3 is 4.52 Å². The zero-order chi connectivity index (χ0) is 8.93. The number of hydrogen-bond acceptors (Lipinski definition) is 2. The van der Waals surface area contributed by atoms with E-state index in [0.29, 0.717) is 0 Å². The monoisotopic (exact) mass is 171 g/mol. The van der Waals surface area contributed by atoms with Crippen molar-refractivity contribution in [3.05, 3.63) is 53.9 Å². The topological polar surface area (TPSA) is 26.0 Å². The largest absolute Gasteiger partial charge is 0.364 e. The summed E-state index contributed by atoms with van der Waals surface area (Å²) in [5, 5.41) is 3.61. The van der Waals surface area contributed by atoms with E-state index in [2.05, 4.69) is 5.16 Å². The molecule has 0 aliphatic rings. The fourth-order valence-electron chi connectivity index (χ4n) is 1.05. The third-order valence-electron chi connectivity index (χ3n) is 1.72. The first-order valence-electron chi connectivity index (χ1n) is 4.08. The van der Waals surface area contributed by atoms with Crippen molar-refractivity contribution < 1.29 is 4.52 Å². The Labute approximate surface area is 76.5 Å². The molecule has 0 bridgehead atoms. The Hall–Kier alpha value is -1.83. The van der Waals surface area contributed by atoms with Gasteiger partial charge in [0.25, 0.3) is 0 Å². The van der Waals surface area contributed by atoms with E-state index in [-0.39, 0.29) is 0 Å². The first-order chi connectivity index (χ1) is 6.45. The maximum absolute atomic E-state index is 4.70. The van der Waals surface area contributed by atoms with Gasteiger partial charge in [-0.15, -0.1) is 0 Å². The van der Waals surface area contributed by atoms with Crippen molar-refractivity contribution in [1.82, 2.24) is 5.16 Å². The molecule has 0 aliphatic heterocycles. The minimum Gasteiger partial charge on any atom is -0.364 e. The molecule has 1 aromatic carbocycles. The normalized spacial score (nSPS) is 10.8. The Balaban J connectivity index is 2.15. The van der Waals surface area contributed by atoms with E-state index >= 15 is 0 Å². The Morgan fingerprint density at radius 3 is 2.46 bits per heavy atom. The fourth-order valence-corrected chi connectivity index (χ4v) is 1.05. The lowest BCUT2D eigenvalue weighted by molar-refractivity contribution is 0.419. The summed E-state index contributed by atoms with van der Waals surface area (Å²) in [5.74, 6) is 0. The van der Waals surface area contributed by atoms with E-state index in [1.54, 1.807) is 12.5 Å². The van der Waals surface area contributed by atoms with Gasteiger partial charge in [0, 0.05) is 5.56 Å². The Bertz CT molecular complexity index is 376. The van der Waals surface area contributed by atoms with Crippen LogP contribution in [0.25, 0.3) is 12.2 Å². The molecule has 13 heavy (non-hydrogen) atoms. The summed E-state index contributed by atoms with van der Waals surface area (Å²) >= 11 is 0. The second kappa shape index (κ2) is 3.72. The molecular weight excluding hydrogens is 162 g/mol. The summed E-state index contributed by atoms with van der Waals surface area (Å²) in [4.78, 5) is 0. The maximum atomic E-state index is 4.70. The molecule has 0 unspecified atom stereocenters. The molecule has 2 aromatic rings. The van der Waals surface area contributed by atoms with Crippen LogP contribution in [0.4, 0.5) is 0 Å². The minimum atomic E-state index is 0.976. The van der Waals surface area contributed by atoms with E-state index in [4.69, 9.17) is 4.52 Å². The molecule has 2 nitrogen and oxygen atoms in total. The third kappa shape index (κ3) is 2.06. The van der Waals surface area contributed by atoms with Crippen LogP contribution in [0.2, 0.25) is 0 Å². The first-order valence-corrected chi connectivity index (χ1v) is 4.08. The van der Waals surface area contributed by atoms with Crippen LogP contribution in [0.3, 0.4) is 0 Å². The number of hydrogen-bond donors (Lipinski definition) is 0. The minimum absolute atomic E-state index is 0.976. The molecule has 0 fully saturated rings. The van der Waals surface area contributed by atoms with Crippen LogP contribution < -0.4 is 0 Å². The van der Waals surface area contributed by atoms with Gasteiger partial charge in [0.05, 0.1) is 6.20 Å². The maximum Gasteiger partial charge on any atom is 0.131 e. The molecular formula is C11H9NO. The van der Waals surface area contributed by atoms with Crippen molar-refractivity contribution in [2.45, 2.75) is 0 Å². The Morgan fingerprint density at radius 2 is 1.77 bits per heavy atom. The van der Waals surface area contributed by atoms with Crippen molar-refractivity contribution in [1.29, 1.82) is 0 Å². The molecule has 0 spiro atoms. The van der Waals surface area contributed by atoms with E-state index in [0.717, 1.165) is 5.56 Å². The van der Waals surface area contributed by atoms with E-state index < -0.39 is 0 Å². The molecule has 1 aromatic heterocycles. The average molecular weight is 171 g/mol. The predicted octanol–water partition coefficient (Wildman–Crippen LogP) is 2.85. The standard InChI is InChI=1S/C11H9NO/c1-2-4-10(5-3-1)6-7-11-8-12-13-9-11/h1-9H/b7-6+. The smallest absolute Gasteiger partial charge is 0.131 e. The van der Waals surface area contributed by atoms with Gasteiger partial charge in [0.1, 0.15) is 6.26 Å². The van der Waals surface area contributed by atoms with Crippen LogP contribution >= 0.6 is 0 Å². The third-order valence-corrected chi connectivity index (χ3v) is 1.72. The van der Waals surface area contributed by atoms with Gasteiger partial charge in [-0.25, -0.2) is 0 Å². The van der Waals surface area contributed by atoms with E-state index in [1.165, 1.54) is 5.56 Å². The Morgan fingerprint density at radius 1 is 1.00 bits per heavy atom. The second-order valence-electron chi connectivity index (χ2n) is 2.70. The van der Waals surface area contributed by atoms with Crippen molar-refractivity contribution in [3.63, 3.8) is 0 Å². The highest BCUT2D eigenvalue weighted by molar-refractivity contribution is 5.68. The number of rotatable bonds is 2. The van der Waals surface area contributed by atoms with E-state index in [1.807, 2.05) is 42.5 Å². The number of aromatic nitrogens is 1. The summed E-state index contributed by atoms with van der Waals surface area (Å²) in [5.41, 5.74) is 2.15. The van der Waals surface area contributed by atoms with Crippen LogP contribution in [0.15, 0.2) is 47.3 Å². The fraction of sp³-hybridized carbons (Fsp3) is 0. The van der Waals surface area contributed by atoms with Crippen LogP contribution in [0.5, 0.6) is 0 Å². The average Bonchev–Trinajstić information content (AvgIpc) is 2.69. The highest BCUT2D eigenvalue weighted by Gasteiger charge is 1.87. The van der Waals surface area contributed by atoms with Crippen molar-refractivity contribution >= 4 is 12.2 Å². The molecule has 0 saturated heterocycles. The molecule has 0 radical (unpaired) electrons. The molecule has 0 N–H and O–H groups in total. The summed E-state index contributed by atoms with van der Waals surface area (Å²) in [7, 11) is 0. The van der Waals surface area contributed by atoms with Gasteiger partial charge >= 0.3 is 0 Å². The zero-order valence-electron chi connectivity index (χ0n) is 7.05. The molecule has 0 saturated carbocycles. The SMILES string of the molecule is C(=C\c1cnoc1)/c1ccccc1. The van der Waals surface area contributed by atoms with Gasteiger partial charge in [-0.3, -0.25) is 0 Å². The van der Waals surface area contributed by atoms with Crippen LogP contribution in [0, 0.1) is 0 Å². The van der Waals surface area contributed by atoms with Gasteiger partial charge in [0.2, 0.25) is 0 Å². The van der Waals surface area contributed by atoms with Gasteiger partial charge in [-0.2, -0.15) is 0 Å². The number of nitrogens with zero attached hydrogens (tertiary/aromatic N) is 1. The van der Waals surface area contributed by atoms with Crippen LogP contribution in [0.1, 0.15) is 11.1 Å². The van der Waals surface area contributed by atoms with Crippen LogP contribution in [-0.2, 0) is 0 Å². The van der Waals surface area contributed by atoms with Crippen molar-refractivity contribution in [2.24, 2.45) is 0 Å². The Kier molecular flexibility index (Phi) is 2.23. The summed E-state index contributed by atoms with van der Waals surface area (Å²) < 4.78 is 4.70. The molecule has 64 valence electrons. The molecule has 2 rings (SSSR count). The molecule has 0 amide bonds. The molecule has 0 atom stereocenters. The summed E-state index contributed by atoms with van der Waals surface area (Å²) in [6, 6.07) is 10.1. The lowest BCUT2D eigenvalue weighted by atomic mass is 10.2. The van der Waals surface area contributed by atoms with E-state index in [9.17, 15) is 0 Å². The predicted molar refractivity (Wildman–Crippen MR) is 51.9 cm³/mol. The highest BCUT2D eigenvalue weighted by atomic mass is 16.5. The van der Waals surface area contributed by atoms with Gasteiger partial charge in [0.15, 0.2) is 0 Å². The summed E-state index contributed by atoms with van der Waals surface area (Å²) in [6.45, 7) is 0. The summed E-state index contributed by atoms with van der Waals surface area (Å²) in [6.07, 6.45) is 7.28. The quantitative estimate of drug-likeness (QED) is 0.694. The number of benzene rings is 1. The lowest BCUT2D eigenvalue weighted by Crippen LogP contribution is -1.67. The van der Waals surface area contributed by atoms with Gasteiger partial charge in [-0.1, -0.05) is 41.6 Å². The molecule has 0 aliphatic carbocycles.